The highest BCUT2D eigenvalue weighted by molar-refractivity contribution is 5.82. The maximum absolute atomic E-state index is 10.2. The number of nitrogens with two attached hydrogens (primary N) is 1. The van der Waals surface area contributed by atoms with E-state index in [4.69, 9.17) is 5.73 Å². The summed E-state index contributed by atoms with van der Waals surface area (Å²) in [7, 11) is 2.01. The van der Waals surface area contributed by atoms with Crippen LogP contribution in [0.25, 0.3) is 16.9 Å². The number of hydrazine groups is 1. The van der Waals surface area contributed by atoms with Crippen molar-refractivity contribution in [2.24, 2.45) is 23.0 Å². The van der Waals surface area contributed by atoms with Crippen molar-refractivity contribution in [2.75, 3.05) is 0 Å². The summed E-state index contributed by atoms with van der Waals surface area (Å²) >= 11 is 0. The van der Waals surface area contributed by atoms with Crippen LogP contribution in [-0.2, 0) is 7.05 Å². The van der Waals surface area contributed by atoms with Crippen LogP contribution in [0.1, 0.15) is 5.56 Å². The molecule has 3 N–H and O–H groups in total. The van der Waals surface area contributed by atoms with Crippen LogP contribution in [0.2, 0.25) is 0 Å². The Morgan fingerprint density at radius 3 is 2.76 bits per heavy atom. The lowest BCUT2D eigenvalue weighted by Gasteiger charge is -1.98. The maximum Gasteiger partial charge on any atom is 0.286 e. The Morgan fingerprint density at radius 2 is 2.08 bits per heavy atom. The second-order valence-electron chi connectivity index (χ2n) is 5.26. The molecule has 1 aromatic carbocycles. The standard InChI is InChI=1S/C16H16N7O2/c1-21-14(11-22-9-3-2-4-15(21)22)13-7-5-12(6-8-13)10-18-19-16(17)20-23(24)25/h2-11H,1H3,(H3,17,19,20)/q+1/b18-10+. The number of pyridine rings is 1. The van der Waals surface area contributed by atoms with Crippen molar-refractivity contribution in [2.45, 2.75) is 0 Å². The van der Waals surface area contributed by atoms with Crippen molar-refractivity contribution in [3.63, 3.8) is 0 Å². The SMILES string of the molecule is Cn1c(-c2ccc(/C=N/N=C(\N)N[N+](=O)[O-])cc2)c[n+]2ccccc12. The van der Waals surface area contributed by atoms with Crippen LogP contribution in [0.4, 0.5) is 0 Å². The molecule has 0 bridgehead atoms. The number of rotatable bonds is 4. The molecule has 3 rings (SSSR count). The number of aromatic nitrogens is 2. The molecule has 2 aromatic heterocycles. The molecule has 0 aliphatic rings. The molecule has 9 nitrogen and oxygen atoms in total. The number of fused-ring (bicyclic) bond motifs is 1. The number of nitrogens with zero attached hydrogens (tertiary/aromatic N) is 5. The Hall–Kier alpha value is -3.75. The van der Waals surface area contributed by atoms with Gasteiger partial charge in [0.1, 0.15) is 6.20 Å². The summed E-state index contributed by atoms with van der Waals surface area (Å²) in [5, 5.41) is 16.6. The summed E-state index contributed by atoms with van der Waals surface area (Å²) in [5.74, 6) is -0.384. The molecule has 0 spiro atoms. The summed E-state index contributed by atoms with van der Waals surface area (Å²) in [6, 6.07) is 13.7. The van der Waals surface area contributed by atoms with Crippen LogP contribution in [0.5, 0.6) is 0 Å². The second-order valence-corrected chi connectivity index (χ2v) is 5.26. The van der Waals surface area contributed by atoms with Gasteiger partial charge in [0.05, 0.1) is 19.5 Å². The lowest BCUT2D eigenvalue weighted by molar-refractivity contribution is -0.525. The minimum atomic E-state index is -0.801. The number of aryl methyl sites for hydroxylation is 1. The molecule has 0 saturated carbocycles. The first kappa shape index (κ1) is 16.1. The molecule has 0 amide bonds. The normalized spacial score (nSPS) is 12.0. The van der Waals surface area contributed by atoms with E-state index in [9.17, 15) is 10.1 Å². The van der Waals surface area contributed by atoms with E-state index < -0.39 is 5.03 Å². The van der Waals surface area contributed by atoms with Gasteiger partial charge < -0.3 is 5.73 Å². The second kappa shape index (κ2) is 6.79. The predicted molar refractivity (Wildman–Crippen MR) is 93.4 cm³/mol. The van der Waals surface area contributed by atoms with Crippen molar-refractivity contribution in [3.05, 3.63) is 70.5 Å². The van der Waals surface area contributed by atoms with Gasteiger partial charge in [0, 0.05) is 11.6 Å². The van der Waals surface area contributed by atoms with E-state index in [1.165, 1.54) is 6.21 Å². The molecule has 0 fully saturated rings. The zero-order chi connectivity index (χ0) is 17.8. The van der Waals surface area contributed by atoms with E-state index in [0.717, 1.165) is 22.5 Å². The lowest BCUT2D eigenvalue weighted by Crippen LogP contribution is -2.35. The molecule has 9 heteroatoms. The Kier molecular flexibility index (Phi) is 4.38. The summed E-state index contributed by atoms with van der Waals surface area (Å²) in [5.41, 5.74) is 11.0. The van der Waals surface area contributed by atoms with Crippen molar-refractivity contribution < 1.29 is 9.43 Å². The number of hydrogen-bond acceptors (Lipinski definition) is 4. The third-order valence-electron chi connectivity index (χ3n) is 3.62. The predicted octanol–water partition coefficient (Wildman–Crippen LogP) is 0.861. The third-order valence-corrected chi connectivity index (χ3v) is 3.62. The van der Waals surface area contributed by atoms with E-state index in [-0.39, 0.29) is 5.96 Å². The zero-order valence-electron chi connectivity index (χ0n) is 13.4. The largest absolute Gasteiger partial charge is 0.364 e. The fourth-order valence-electron chi connectivity index (χ4n) is 2.46. The first-order chi connectivity index (χ1) is 12.0. The van der Waals surface area contributed by atoms with Crippen molar-refractivity contribution >= 4 is 17.8 Å². The highest BCUT2D eigenvalue weighted by Crippen LogP contribution is 2.19. The Morgan fingerprint density at radius 1 is 1.32 bits per heavy atom. The minimum absolute atomic E-state index is 0.384. The van der Waals surface area contributed by atoms with E-state index >= 15 is 0 Å². The Balaban J connectivity index is 1.80. The average molecular weight is 338 g/mol. The number of hydrogen-bond donors (Lipinski definition) is 2. The molecule has 126 valence electrons. The highest BCUT2D eigenvalue weighted by Gasteiger charge is 2.14. The molecular weight excluding hydrogens is 322 g/mol. The summed E-state index contributed by atoms with van der Waals surface area (Å²) in [6.07, 6.45) is 5.53. The molecule has 0 aliphatic carbocycles. The van der Waals surface area contributed by atoms with E-state index in [2.05, 4.69) is 25.4 Å². The Labute approximate surface area is 142 Å². The first-order valence-electron chi connectivity index (χ1n) is 7.38. The maximum atomic E-state index is 10.2. The number of benzene rings is 1. The molecule has 2 heterocycles. The van der Waals surface area contributed by atoms with Crippen LogP contribution >= 0.6 is 0 Å². The summed E-state index contributed by atoms with van der Waals surface area (Å²) in [4.78, 5) is 10.2. The quantitative estimate of drug-likeness (QED) is 0.241. The van der Waals surface area contributed by atoms with Crippen LogP contribution in [0.15, 0.2) is 65.1 Å². The zero-order valence-corrected chi connectivity index (χ0v) is 13.4. The summed E-state index contributed by atoms with van der Waals surface area (Å²) < 4.78 is 4.17. The average Bonchev–Trinajstić information content (AvgIpc) is 2.92. The van der Waals surface area contributed by atoms with E-state index in [1.807, 2.05) is 55.7 Å². The van der Waals surface area contributed by atoms with Crippen LogP contribution in [0.3, 0.4) is 0 Å². The molecule has 0 aliphatic heterocycles. The molecular formula is C16H16N7O2+. The third kappa shape index (κ3) is 3.61. The first-order valence-corrected chi connectivity index (χ1v) is 7.38. The number of guanidine groups is 1. The summed E-state index contributed by atoms with van der Waals surface area (Å²) in [6.45, 7) is 0. The number of imidazole rings is 1. The number of nitrogens with one attached hydrogen (secondary N) is 1. The van der Waals surface area contributed by atoms with Crippen molar-refractivity contribution in [1.82, 2.24) is 9.99 Å². The minimum Gasteiger partial charge on any atom is -0.364 e. The van der Waals surface area contributed by atoms with Gasteiger partial charge in [0.15, 0.2) is 10.7 Å². The molecule has 25 heavy (non-hydrogen) atoms. The van der Waals surface area contributed by atoms with Crippen LogP contribution in [-0.4, -0.2) is 21.8 Å². The molecule has 0 saturated heterocycles. The van der Waals surface area contributed by atoms with Gasteiger partial charge in [-0.1, -0.05) is 23.6 Å². The smallest absolute Gasteiger partial charge is 0.286 e. The van der Waals surface area contributed by atoms with Crippen molar-refractivity contribution in [1.29, 1.82) is 0 Å². The fraction of sp³-hybridized carbons (Fsp3) is 0.0625. The molecule has 3 aromatic rings. The van der Waals surface area contributed by atoms with Gasteiger partial charge in [-0.2, -0.15) is 5.10 Å². The lowest BCUT2D eigenvalue weighted by atomic mass is 10.1. The molecule has 0 unspecified atom stereocenters. The highest BCUT2D eigenvalue weighted by atomic mass is 16.7. The van der Waals surface area contributed by atoms with Gasteiger partial charge in [-0.05, 0) is 23.8 Å². The molecule has 0 radical (unpaired) electrons. The van der Waals surface area contributed by atoms with Gasteiger partial charge in [0.25, 0.3) is 11.6 Å². The van der Waals surface area contributed by atoms with Gasteiger partial charge >= 0.3 is 0 Å². The van der Waals surface area contributed by atoms with Gasteiger partial charge in [0.2, 0.25) is 0 Å². The topological polar surface area (TPSA) is 115 Å². The van der Waals surface area contributed by atoms with Gasteiger partial charge in [-0.25, -0.2) is 19.1 Å². The van der Waals surface area contributed by atoms with Crippen molar-refractivity contribution in [3.8, 4) is 11.3 Å². The number of nitro groups is 1. The Bertz CT molecular complexity index is 974. The monoisotopic (exact) mass is 338 g/mol. The van der Waals surface area contributed by atoms with Crippen LogP contribution in [0, 0.1) is 10.1 Å². The van der Waals surface area contributed by atoms with Gasteiger partial charge in [-0.15, -0.1) is 5.10 Å². The molecule has 0 atom stereocenters. The van der Waals surface area contributed by atoms with Crippen LogP contribution < -0.4 is 15.6 Å². The van der Waals surface area contributed by atoms with Gasteiger partial charge in [-0.3, -0.25) is 0 Å². The van der Waals surface area contributed by atoms with E-state index in [0.29, 0.717) is 0 Å². The fourth-order valence-corrected chi connectivity index (χ4v) is 2.46. The van der Waals surface area contributed by atoms with E-state index in [1.54, 1.807) is 5.43 Å².